The van der Waals surface area contributed by atoms with Crippen molar-refractivity contribution in [3.8, 4) is 11.5 Å². The molecule has 0 saturated carbocycles. The van der Waals surface area contributed by atoms with E-state index < -0.39 is 25.3 Å². The summed E-state index contributed by atoms with van der Waals surface area (Å²) in [6.45, 7) is 10.4. The molecule has 1 atom stereocenters. The highest BCUT2D eigenvalue weighted by atomic mass is 28.3. The Kier molecular flexibility index (Phi) is 6.01. The van der Waals surface area contributed by atoms with Crippen LogP contribution in [0.25, 0.3) is 5.57 Å². The van der Waals surface area contributed by atoms with Gasteiger partial charge in [0.2, 0.25) is 0 Å². The SMILES string of the molecule is C=C(c1ccc(C#C[Si](C)(C)C)cc1)C(O)(Cn1cncn1)c1ccc(F)cc1F. The molecule has 30 heavy (non-hydrogen) atoms. The molecule has 2 aromatic carbocycles. The van der Waals surface area contributed by atoms with Gasteiger partial charge in [-0.1, -0.05) is 44.3 Å². The fourth-order valence-corrected chi connectivity index (χ4v) is 3.49. The van der Waals surface area contributed by atoms with Gasteiger partial charge in [0.15, 0.2) is 0 Å². The van der Waals surface area contributed by atoms with E-state index in [1.54, 1.807) is 12.1 Å². The molecule has 0 aliphatic carbocycles. The van der Waals surface area contributed by atoms with Crippen LogP contribution in [0.5, 0.6) is 0 Å². The minimum Gasteiger partial charge on any atom is -0.378 e. The molecule has 1 N–H and O–H groups in total. The Morgan fingerprint density at radius 2 is 1.87 bits per heavy atom. The van der Waals surface area contributed by atoms with Gasteiger partial charge >= 0.3 is 0 Å². The quantitative estimate of drug-likeness (QED) is 0.489. The zero-order valence-corrected chi connectivity index (χ0v) is 18.2. The Labute approximate surface area is 175 Å². The Morgan fingerprint density at radius 1 is 1.17 bits per heavy atom. The van der Waals surface area contributed by atoms with Crippen LogP contribution in [0, 0.1) is 23.1 Å². The summed E-state index contributed by atoms with van der Waals surface area (Å²) in [5.74, 6) is 1.58. The van der Waals surface area contributed by atoms with Crippen LogP contribution in [-0.2, 0) is 12.1 Å². The maximum absolute atomic E-state index is 14.6. The van der Waals surface area contributed by atoms with Crippen LogP contribution in [0.15, 0.2) is 61.7 Å². The minimum absolute atomic E-state index is 0.0907. The molecule has 0 radical (unpaired) electrons. The van der Waals surface area contributed by atoms with Gasteiger partial charge in [-0.15, -0.1) is 5.54 Å². The maximum atomic E-state index is 14.6. The average molecular weight is 424 g/mol. The van der Waals surface area contributed by atoms with E-state index in [0.29, 0.717) is 5.56 Å². The van der Waals surface area contributed by atoms with Crippen LogP contribution in [0.1, 0.15) is 16.7 Å². The molecule has 0 spiro atoms. The standard InChI is InChI=1S/C23H23F2N3OSi/c1-17(19-7-5-18(6-8-19)11-12-30(2,3)4)23(29,14-28-16-26-15-27-28)21-10-9-20(24)13-22(21)25/h5-10,13,15-16,29H,1,14H2,2-4H3. The summed E-state index contributed by atoms with van der Waals surface area (Å²) in [5.41, 5.74) is 3.06. The van der Waals surface area contributed by atoms with Gasteiger partial charge in [0.25, 0.3) is 0 Å². The predicted molar refractivity (Wildman–Crippen MR) is 116 cm³/mol. The fraction of sp³-hybridized carbons (Fsp3) is 0.217. The number of rotatable bonds is 5. The summed E-state index contributed by atoms with van der Waals surface area (Å²) in [6.07, 6.45) is 2.73. The third-order valence-electron chi connectivity index (χ3n) is 4.55. The van der Waals surface area contributed by atoms with Crippen molar-refractivity contribution in [1.29, 1.82) is 0 Å². The number of aromatic nitrogens is 3. The van der Waals surface area contributed by atoms with E-state index in [-0.39, 0.29) is 17.7 Å². The number of hydrogen-bond donors (Lipinski definition) is 1. The van der Waals surface area contributed by atoms with Gasteiger partial charge in [-0.05, 0) is 35.4 Å². The van der Waals surface area contributed by atoms with Crippen molar-refractivity contribution >= 4 is 13.6 Å². The third-order valence-corrected chi connectivity index (χ3v) is 5.42. The first-order valence-electron chi connectivity index (χ1n) is 9.42. The van der Waals surface area contributed by atoms with Crippen LogP contribution in [0.4, 0.5) is 8.78 Å². The highest BCUT2D eigenvalue weighted by Crippen LogP contribution is 2.38. The van der Waals surface area contributed by atoms with Gasteiger partial charge in [0.05, 0.1) is 6.54 Å². The lowest BCUT2D eigenvalue weighted by Gasteiger charge is -2.31. The number of nitrogens with zero attached hydrogens (tertiary/aromatic N) is 3. The Hall–Kier alpha value is -3.08. The molecule has 0 bridgehead atoms. The van der Waals surface area contributed by atoms with Crippen molar-refractivity contribution in [3.63, 3.8) is 0 Å². The van der Waals surface area contributed by atoms with Crippen molar-refractivity contribution in [2.45, 2.75) is 31.8 Å². The van der Waals surface area contributed by atoms with E-state index in [4.69, 9.17) is 0 Å². The molecule has 3 aromatic rings. The zero-order valence-electron chi connectivity index (χ0n) is 17.2. The third kappa shape index (κ3) is 4.90. The van der Waals surface area contributed by atoms with Crippen LogP contribution in [0.3, 0.4) is 0 Å². The lowest BCUT2D eigenvalue weighted by atomic mass is 9.82. The van der Waals surface area contributed by atoms with Crippen molar-refractivity contribution in [3.05, 3.63) is 90.0 Å². The number of benzene rings is 2. The molecule has 3 rings (SSSR count). The van der Waals surface area contributed by atoms with Crippen LogP contribution >= 0.6 is 0 Å². The zero-order chi connectivity index (χ0) is 21.9. The van der Waals surface area contributed by atoms with E-state index in [2.05, 4.69) is 47.8 Å². The molecule has 0 fully saturated rings. The molecule has 0 saturated heterocycles. The molecular formula is C23H23F2N3OSi. The summed E-state index contributed by atoms with van der Waals surface area (Å²) in [5, 5.41) is 15.6. The summed E-state index contributed by atoms with van der Waals surface area (Å²) in [6, 6.07) is 10.3. The summed E-state index contributed by atoms with van der Waals surface area (Å²) in [4.78, 5) is 3.87. The van der Waals surface area contributed by atoms with Gasteiger partial charge in [-0.2, -0.15) is 5.10 Å². The number of halogens is 2. The summed E-state index contributed by atoms with van der Waals surface area (Å²) >= 11 is 0. The lowest BCUT2D eigenvalue weighted by Crippen LogP contribution is -2.34. The van der Waals surface area contributed by atoms with E-state index >= 15 is 0 Å². The predicted octanol–water partition coefficient (Wildman–Crippen LogP) is 4.39. The summed E-state index contributed by atoms with van der Waals surface area (Å²) < 4.78 is 29.5. The second-order valence-corrected chi connectivity index (χ2v) is 12.9. The average Bonchev–Trinajstić information content (AvgIpc) is 3.18. The van der Waals surface area contributed by atoms with Gasteiger partial charge in [0, 0.05) is 17.2 Å². The van der Waals surface area contributed by atoms with Crippen LogP contribution in [0.2, 0.25) is 19.6 Å². The van der Waals surface area contributed by atoms with E-state index in [1.165, 1.54) is 23.4 Å². The van der Waals surface area contributed by atoms with Gasteiger partial charge in [-0.3, -0.25) is 0 Å². The Bertz CT molecular complexity index is 1110. The van der Waals surface area contributed by atoms with E-state index in [1.807, 2.05) is 12.1 Å². The molecule has 1 heterocycles. The smallest absolute Gasteiger partial charge is 0.137 e. The van der Waals surface area contributed by atoms with Crippen molar-refractivity contribution in [1.82, 2.24) is 14.8 Å². The van der Waals surface area contributed by atoms with Crippen LogP contribution in [-0.4, -0.2) is 27.9 Å². The molecular weight excluding hydrogens is 400 g/mol. The molecule has 154 valence electrons. The van der Waals surface area contributed by atoms with Crippen molar-refractivity contribution in [2.75, 3.05) is 0 Å². The Balaban J connectivity index is 2.01. The fourth-order valence-electron chi connectivity index (χ4n) is 2.97. The molecule has 1 unspecified atom stereocenters. The van der Waals surface area contributed by atoms with Gasteiger partial charge in [0.1, 0.15) is 38.0 Å². The van der Waals surface area contributed by atoms with Gasteiger partial charge in [-0.25, -0.2) is 18.4 Å². The second-order valence-electron chi connectivity index (χ2n) is 8.13. The Morgan fingerprint density at radius 3 is 2.43 bits per heavy atom. The topological polar surface area (TPSA) is 50.9 Å². The first-order valence-corrected chi connectivity index (χ1v) is 12.9. The molecule has 4 nitrogen and oxygen atoms in total. The first kappa shape index (κ1) is 21.6. The monoisotopic (exact) mass is 423 g/mol. The maximum Gasteiger partial charge on any atom is 0.137 e. The van der Waals surface area contributed by atoms with Crippen molar-refractivity contribution < 1.29 is 13.9 Å². The van der Waals surface area contributed by atoms with Crippen molar-refractivity contribution in [2.24, 2.45) is 0 Å². The highest BCUT2D eigenvalue weighted by Gasteiger charge is 2.37. The molecule has 1 aromatic heterocycles. The van der Waals surface area contributed by atoms with E-state index in [9.17, 15) is 13.9 Å². The second kappa shape index (κ2) is 8.34. The number of aliphatic hydroxyl groups is 1. The molecule has 0 aliphatic heterocycles. The van der Waals surface area contributed by atoms with Gasteiger partial charge < -0.3 is 5.11 Å². The molecule has 0 aliphatic rings. The lowest BCUT2D eigenvalue weighted by molar-refractivity contribution is 0.0726. The first-order chi connectivity index (χ1) is 14.1. The summed E-state index contributed by atoms with van der Waals surface area (Å²) in [7, 11) is -1.50. The molecule has 0 amide bonds. The molecule has 7 heteroatoms. The largest absolute Gasteiger partial charge is 0.378 e. The minimum atomic E-state index is -1.86. The number of hydrogen-bond acceptors (Lipinski definition) is 3. The highest BCUT2D eigenvalue weighted by molar-refractivity contribution is 6.83. The van der Waals surface area contributed by atoms with Crippen LogP contribution < -0.4 is 0 Å². The normalized spacial score (nSPS) is 13.3. The van der Waals surface area contributed by atoms with E-state index in [0.717, 1.165) is 17.7 Å².